The van der Waals surface area contributed by atoms with E-state index in [2.05, 4.69) is 4.98 Å². The number of rotatable bonds is 6. The van der Waals surface area contributed by atoms with Crippen LogP contribution in [0.3, 0.4) is 0 Å². The van der Waals surface area contributed by atoms with Gasteiger partial charge in [0.2, 0.25) is 5.91 Å². The first kappa shape index (κ1) is 21.3. The second-order valence-electron chi connectivity index (χ2n) is 7.22. The fourth-order valence-electron chi connectivity index (χ4n) is 3.93. The number of ketones is 1. The third kappa shape index (κ3) is 4.78. The molecule has 2 aromatic rings. The Labute approximate surface area is 171 Å². The normalized spacial score (nSPS) is 18.9. The van der Waals surface area contributed by atoms with Gasteiger partial charge in [0.15, 0.2) is 0 Å². The van der Waals surface area contributed by atoms with Crippen molar-refractivity contribution < 1.29 is 22.8 Å². The summed E-state index contributed by atoms with van der Waals surface area (Å²) in [6.45, 7) is 0. The van der Waals surface area contributed by atoms with Gasteiger partial charge in [-0.15, -0.1) is 0 Å². The number of hydrogen-bond acceptors (Lipinski definition) is 3. The Morgan fingerprint density at radius 3 is 2.62 bits per heavy atom. The number of aromatic nitrogens is 1. The minimum atomic E-state index is -4.54. The molecule has 0 saturated carbocycles. The minimum Gasteiger partial charge on any atom is -0.370 e. The van der Waals surface area contributed by atoms with E-state index in [-0.39, 0.29) is 36.0 Å². The number of nitrogens with zero attached hydrogens (tertiary/aromatic N) is 1. The lowest BCUT2D eigenvalue weighted by Gasteiger charge is -2.29. The van der Waals surface area contributed by atoms with Gasteiger partial charge in [0.25, 0.3) is 0 Å². The molecule has 0 saturated heterocycles. The van der Waals surface area contributed by atoms with Gasteiger partial charge in [0, 0.05) is 36.6 Å². The van der Waals surface area contributed by atoms with Crippen LogP contribution in [0.2, 0.25) is 5.02 Å². The topological polar surface area (TPSA) is 73.1 Å². The van der Waals surface area contributed by atoms with Gasteiger partial charge in [0.05, 0.1) is 10.6 Å². The van der Waals surface area contributed by atoms with E-state index in [0.717, 1.165) is 11.6 Å². The van der Waals surface area contributed by atoms with Gasteiger partial charge >= 0.3 is 6.18 Å². The monoisotopic (exact) mass is 424 g/mol. The van der Waals surface area contributed by atoms with Crippen LogP contribution in [-0.2, 0) is 22.2 Å². The number of Topliss-reactive ketones (excluding diaryl/α,β-unsaturated/α-hetero) is 1. The molecule has 1 aromatic carbocycles. The molecule has 3 rings (SSSR count). The summed E-state index contributed by atoms with van der Waals surface area (Å²) in [6, 6.07) is 7.27. The van der Waals surface area contributed by atoms with Gasteiger partial charge in [0.1, 0.15) is 5.78 Å². The quantitative estimate of drug-likeness (QED) is 0.724. The highest BCUT2D eigenvalue weighted by molar-refractivity contribution is 6.32. The van der Waals surface area contributed by atoms with Gasteiger partial charge in [-0.2, -0.15) is 13.2 Å². The van der Waals surface area contributed by atoms with Crippen LogP contribution in [0.5, 0.6) is 0 Å². The molecule has 1 aliphatic rings. The SMILES string of the molecule is NC(=O)CC1CCC(C(=O)CCc2cccc(C(F)(F)F)c2Cl)c2cccnc21. The number of amides is 1. The maximum Gasteiger partial charge on any atom is 0.417 e. The zero-order valence-corrected chi connectivity index (χ0v) is 16.3. The van der Waals surface area contributed by atoms with Gasteiger partial charge in [-0.05, 0) is 42.5 Å². The lowest BCUT2D eigenvalue weighted by atomic mass is 9.75. The lowest BCUT2D eigenvalue weighted by molar-refractivity contribution is -0.137. The molecular formula is C21H20ClF3N2O2. The number of nitrogens with two attached hydrogens (primary N) is 1. The van der Waals surface area contributed by atoms with Crippen LogP contribution in [-0.4, -0.2) is 16.7 Å². The number of aryl methyl sites for hydroxylation is 1. The van der Waals surface area contributed by atoms with Crippen LogP contribution in [0, 0.1) is 0 Å². The summed E-state index contributed by atoms with van der Waals surface area (Å²) < 4.78 is 39.1. The van der Waals surface area contributed by atoms with E-state index < -0.39 is 23.6 Å². The van der Waals surface area contributed by atoms with Gasteiger partial charge in [-0.3, -0.25) is 14.6 Å². The van der Waals surface area contributed by atoms with E-state index in [9.17, 15) is 22.8 Å². The summed E-state index contributed by atoms with van der Waals surface area (Å²) in [7, 11) is 0. The molecule has 1 heterocycles. The standard InChI is InChI=1S/C21H20ClF3N2O2/c22-19-12(3-1-5-16(19)21(23,24)25)7-9-17(28)14-8-6-13(11-18(26)29)20-15(14)4-2-10-27-20/h1-5,10,13-14H,6-9,11H2,(H2,26,29). The zero-order chi connectivity index (χ0) is 21.2. The van der Waals surface area contributed by atoms with Gasteiger partial charge in [-0.1, -0.05) is 29.8 Å². The molecule has 0 spiro atoms. The molecule has 154 valence electrons. The molecule has 0 bridgehead atoms. The third-order valence-electron chi connectivity index (χ3n) is 5.30. The number of pyridine rings is 1. The first-order valence-corrected chi connectivity index (χ1v) is 9.66. The van der Waals surface area contributed by atoms with Gasteiger partial charge in [-0.25, -0.2) is 0 Å². The van der Waals surface area contributed by atoms with E-state index in [1.807, 2.05) is 6.07 Å². The Morgan fingerprint density at radius 1 is 1.17 bits per heavy atom. The number of carbonyl (C=O) groups excluding carboxylic acids is 2. The second kappa shape index (κ2) is 8.53. The van der Waals surface area contributed by atoms with Crippen molar-refractivity contribution in [3.8, 4) is 0 Å². The van der Waals surface area contributed by atoms with Crippen molar-refractivity contribution in [3.63, 3.8) is 0 Å². The molecule has 2 atom stereocenters. The van der Waals surface area contributed by atoms with E-state index in [1.54, 1.807) is 12.3 Å². The zero-order valence-electron chi connectivity index (χ0n) is 15.5. The van der Waals surface area contributed by atoms with Crippen LogP contribution in [0.4, 0.5) is 13.2 Å². The van der Waals surface area contributed by atoms with Crippen molar-refractivity contribution in [3.05, 3.63) is 63.9 Å². The van der Waals surface area contributed by atoms with E-state index >= 15 is 0 Å². The number of halogens is 4. The highest BCUT2D eigenvalue weighted by atomic mass is 35.5. The summed E-state index contributed by atoms with van der Waals surface area (Å²) >= 11 is 5.93. The van der Waals surface area contributed by atoms with Crippen LogP contribution in [0.25, 0.3) is 0 Å². The molecule has 1 aromatic heterocycles. The van der Waals surface area contributed by atoms with Crippen LogP contribution < -0.4 is 5.73 Å². The molecular weight excluding hydrogens is 405 g/mol. The van der Waals surface area contributed by atoms with Crippen molar-refractivity contribution in [1.82, 2.24) is 4.98 Å². The van der Waals surface area contributed by atoms with E-state index in [1.165, 1.54) is 12.1 Å². The Hall–Kier alpha value is -2.41. The summed E-state index contributed by atoms with van der Waals surface area (Å²) in [4.78, 5) is 28.5. The average molecular weight is 425 g/mol. The first-order valence-electron chi connectivity index (χ1n) is 9.29. The molecule has 0 aliphatic heterocycles. The second-order valence-corrected chi connectivity index (χ2v) is 7.60. The highest BCUT2D eigenvalue weighted by Gasteiger charge is 2.35. The fourth-order valence-corrected chi connectivity index (χ4v) is 4.25. The largest absolute Gasteiger partial charge is 0.417 e. The summed E-state index contributed by atoms with van der Waals surface area (Å²) in [5.74, 6) is -1.01. The van der Waals surface area contributed by atoms with Crippen molar-refractivity contribution in [2.75, 3.05) is 0 Å². The maximum atomic E-state index is 13.0. The number of hydrogen-bond donors (Lipinski definition) is 1. The molecule has 4 nitrogen and oxygen atoms in total. The number of fused-ring (bicyclic) bond motifs is 1. The number of primary amides is 1. The number of carbonyl (C=O) groups is 2. The smallest absolute Gasteiger partial charge is 0.370 e. The highest BCUT2D eigenvalue weighted by Crippen LogP contribution is 2.41. The minimum absolute atomic E-state index is 0.0700. The molecule has 8 heteroatoms. The predicted molar refractivity (Wildman–Crippen MR) is 103 cm³/mol. The van der Waals surface area contributed by atoms with Crippen LogP contribution in [0.15, 0.2) is 36.5 Å². The Kier molecular flexibility index (Phi) is 6.27. The van der Waals surface area contributed by atoms with Crippen molar-refractivity contribution in [2.45, 2.75) is 50.1 Å². The average Bonchev–Trinajstić information content (AvgIpc) is 2.66. The maximum absolute atomic E-state index is 13.0. The summed E-state index contributed by atoms with van der Waals surface area (Å²) in [5.41, 5.74) is 6.19. The summed E-state index contributed by atoms with van der Waals surface area (Å²) in [6.07, 6.45) is -1.41. The van der Waals surface area contributed by atoms with Crippen LogP contribution >= 0.6 is 11.6 Å². The van der Waals surface area contributed by atoms with E-state index in [0.29, 0.717) is 24.1 Å². The van der Waals surface area contributed by atoms with Crippen LogP contribution in [0.1, 0.15) is 59.9 Å². The predicted octanol–water partition coefficient (Wildman–Crippen LogP) is 4.79. The van der Waals surface area contributed by atoms with Crippen molar-refractivity contribution in [1.29, 1.82) is 0 Å². The molecule has 2 N–H and O–H groups in total. The molecule has 1 aliphatic carbocycles. The van der Waals surface area contributed by atoms with Gasteiger partial charge < -0.3 is 5.73 Å². The number of alkyl halides is 3. The molecule has 29 heavy (non-hydrogen) atoms. The molecule has 0 fully saturated rings. The molecule has 0 radical (unpaired) electrons. The molecule has 1 amide bonds. The number of benzene rings is 1. The third-order valence-corrected chi connectivity index (χ3v) is 5.74. The Bertz CT molecular complexity index is 930. The lowest BCUT2D eigenvalue weighted by Crippen LogP contribution is -2.25. The van der Waals surface area contributed by atoms with Crippen molar-refractivity contribution >= 4 is 23.3 Å². The molecule has 2 unspecified atom stereocenters. The fraction of sp³-hybridized carbons (Fsp3) is 0.381. The van der Waals surface area contributed by atoms with Crippen molar-refractivity contribution in [2.24, 2.45) is 5.73 Å². The Morgan fingerprint density at radius 2 is 1.93 bits per heavy atom. The van der Waals surface area contributed by atoms with E-state index in [4.69, 9.17) is 17.3 Å². The summed E-state index contributed by atoms with van der Waals surface area (Å²) in [5, 5.41) is -0.361. The first-order chi connectivity index (χ1) is 13.7. The Balaban J connectivity index is 1.76.